The van der Waals surface area contributed by atoms with Gasteiger partial charge in [0.05, 0.1) is 26.7 Å². The topological polar surface area (TPSA) is 130 Å². The van der Waals surface area contributed by atoms with Gasteiger partial charge in [0.15, 0.2) is 5.75 Å². The second kappa shape index (κ2) is 16.7. The number of morpholine rings is 1. The molecule has 0 radical (unpaired) electrons. The van der Waals surface area contributed by atoms with Crippen LogP contribution in [-0.2, 0) is 48.2 Å². The summed E-state index contributed by atoms with van der Waals surface area (Å²) in [6, 6.07) is 9.46. The van der Waals surface area contributed by atoms with E-state index >= 15 is 0 Å². The Bertz CT molecular complexity index is 1400. The van der Waals surface area contributed by atoms with Crippen molar-refractivity contribution in [3.05, 3.63) is 69.8 Å². The number of fused-ring (bicyclic) bond motifs is 1. The summed E-state index contributed by atoms with van der Waals surface area (Å²) in [5.74, 6) is -1.23. The minimum atomic E-state index is -0.653. The number of benzene rings is 2. The first kappa shape index (κ1) is 33.7. The summed E-state index contributed by atoms with van der Waals surface area (Å²) in [6.45, 7) is 8.22. The lowest BCUT2D eigenvalue weighted by molar-refractivity contribution is -0.144. The van der Waals surface area contributed by atoms with Gasteiger partial charge < -0.3 is 29.0 Å². The van der Waals surface area contributed by atoms with Gasteiger partial charge in [-0.05, 0) is 37.8 Å². The average molecular weight is 623 g/mol. The third-order valence-electron chi connectivity index (χ3n) is 7.88. The number of hydrogen-bond donors (Lipinski definition) is 1. The Hall–Kier alpha value is -4.22. The van der Waals surface area contributed by atoms with Crippen LogP contribution in [0, 0.1) is 6.92 Å². The van der Waals surface area contributed by atoms with Crippen molar-refractivity contribution >= 4 is 23.8 Å². The Morgan fingerprint density at radius 1 is 1.00 bits per heavy atom. The molecule has 4 rings (SSSR count). The fourth-order valence-corrected chi connectivity index (χ4v) is 5.25. The number of carbonyl (C=O) groups is 4. The normalized spacial score (nSPS) is 14.8. The molecular formula is C34H42N2O9. The number of amides is 1. The van der Waals surface area contributed by atoms with Crippen LogP contribution >= 0.6 is 0 Å². The number of hydrogen-bond acceptors (Lipinski definition) is 10. The highest BCUT2D eigenvalue weighted by molar-refractivity contribution is 5.99. The molecule has 11 nitrogen and oxygen atoms in total. The van der Waals surface area contributed by atoms with Crippen LogP contribution in [-0.4, -0.2) is 75.3 Å². The van der Waals surface area contributed by atoms with Crippen LogP contribution in [0.25, 0.3) is 0 Å². The maximum atomic E-state index is 13.0. The Labute approximate surface area is 263 Å². The second-order valence-electron chi connectivity index (χ2n) is 11.1. The van der Waals surface area contributed by atoms with Crippen molar-refractivity contribution in [1.82, 2.24) is 10.2 Å². The molecular weight excluding hydrogens is 580 g/mol. The molecule has 11 heteroatoms. The van der Waals surface area contributed by atoms with E-state index < -0.39 is 11.9 Å². The van der Waals surface area contributed by atoms with Crippen molar-refractivity contribution < 1.29 is 42.9 Å². The zero-order valence-electron chi connectivity index (χ0n) is 26.3. The van der Waals surface area contributed by atoms with Crippen LogP contribution in [0.2, 0.25) is 0 Å². The summed E-state index contributed by atoms with van der Waals surface area (Å²) >= 11 is 0. The van der Waals surface area contributed by atoms with E-state index in [1.54, 1.807) is 0 Å². The van der Waals surface area contributed by atoms with E-state index in [4.69, 9.17) is 23.7 Å². The summed E-state index contributed by atoms with van der Waals surface area (Å²) in [5.41, 5.74) is 3.91. The van der Waals surface area contributed by atoms with Gasteiger partial charge in [-0.25, -0.2) is 4.79 Å². The number of rotatable bonds is 15. The van der Waals surface area contributed by atoms with E-state index in [0.29, 0.717) is 56.2 Å². The summed E-state index contributed by atoms with van der Waals surface area (Å²) in [5, 5.41) is 2.79. The highest BCUT2D eigenvalue weighted by Crippen LogP contribution is 2.43. The molecule has 1 saturated heterocycles. The van der Waals surface area contributed by atoms with Gasteiger partial charge >= 0.3 is 17.9 Å². The number of carbonyl (C=O) groups excluding carboxylic acids is 4. The van der Waals surface area contributed by atoms with Crippen molar-refractivity contribution in [3.63, 3.8) is 0 Å². The van der Waals surface area contributed by atoms with Gasteiger partial charge in [0.25, 0.3) is 0 Å². The number of allylic oxidation sites excluding steroid dienone is 2. The van der Waals surface area contributed by atoms with E-state index in [9.17, 15) is 19.2 Å². The molecule has 1 fully saturated rings. The molecule has 0 unspecified atom stereocenters. The molecule has 1 amide bonds. The predicted octanol–water partition coefficient (Wildman–Crippen LogP) is 3.82. The molecule has 2 heterocycles. The van der Waals surface area contributed by atoms with Crippen molar-refractivity contribution in [2.24, 2.45) is 0 Å². The lowest BCUT2D eigenvalue weighted by Gasteiger charge is -2.26. The van der Waals surface area contributed by atoms with E-state index in [0.717, 1.165) is 29.8 Å². The molecule has 0 aromatic heterocycles. The first-order valence-electron chi connectivity index (χ1n) is 15.3. The lowest BCUT2D eigenvalue weighted by Crippen LogP contribution is -2.38. The Morgan fingerprint density at radius 2 is 1.73 bits per heavy atom. The first-order valence-corrected chi connectivity index (χ1v) is 15.3. The van der Waals surface area contributed by atoms with Gasteiger partial charge in [-0.2, -0.15) is 0 Å². The van der Waals surface area contributed by atoms with Gasteiger partial charge in [-0.3, -0.25) is 19.3 Å². The SMILES string of the molecule is COc1c(C)c2c(c(OC(=O)CCC(=O)NCc3ccccc3)c1CC=C(C)CCC(=O)OCCN1CCOCC1)C(=O)OC2. The molecule has 0 aliphatic carbocycles. The van der Waals surface area contributed by atoms with Gasteiger partial charge in [0.2, 0.25) is 5.91 Å². The highest BCUT2D eigenvalue weighted by atomic mass is 16.6. The number of nitrogens with one attached hydrogen (secondary N) is 1. The second-order valence-corrected chi connectivity index (χ2v) is 11.1. The number of esters is 3. The van der Waals surface area contributed by atoms with E-state index in [1.165, 1.54) is 7.11 Å². The third kappa shape index (κ3) is 9.63. The van der Waals surface area contributed by atoms with Gasteiger partial charge in [-0.15, -0.1) is 0 Å². The number of nitrogens with zero attached hydrogens (tertiary/aromatic N) is 1. The Morgan fingerprint density at radius 3 is 2.47 bits per heavy atom. The van der Waals surface area contributed by atoms with Crippen molar-refractivity contribution in [2.75, 3.05) is 46.6 Å². The first-order chi connectivity index (χ1) is 21.8. The Balaban J connectivity index is 1.38. The van der Waals surface area contributed by atoms with Crippen LogP contribution in [0.1, 0.15) is 65.2 Å². The zero-order valence-corrected chi connectivity index (χ0v) is 26.3. The molecule has 2 aromatic rings. The average Bonchev–Trinajstić information content (AvgIpc) is 3.44. The van der Waals surface area contributed by atoms with Gasteiger partial charge in [0, 0.05) is 50.1 Å². The molecule has 242 valence electrons. The molecule has 2 aliphatic heterocycles. The van der Waals surface area contributed by atoms with Crippen LogP contribution in [0.5, 0.6) is 11.5 Å². The number of ether oxygens (including phenoxy) is 5. The van der Waals surface area contributed by atoms with E-state index in [-0.39, 0.29) is 55.5 Å². The van der Waals surface area contributed by atoms with Crippen molar-refractivity contribution in [1.29, 1.82) is 0 Å². The Kier molecular flexibility index (Phi) is 12.5. The molecule has 1 N–H and O–H groups in total. The lowest BCUT2D eigenvalue weighted by atomic mass is 9.94. The van der Waals surface area contributed by atoms with Crippen LogP contribution in [0.15, 0.2) is 42.0 Å². The molecule has 2 aliphatic rings. The van der Waals surface area contributed by atoms with Crippen LogP contribution < -0.4 is 14.8 Å². The standard InChI is InChI=1S/C34H42N2O9/c1-23(10-13-29(38)43-20-17-36-15-18-42-19-16-36)9-11-26-32(41-3)24(2)27-22-44-34(40)31(27)33(26)45-30(39)14-12-28(37)35-21-25-7-5-4-6-8-25/h4-9H,10-22H2,1-3H3,(H,35,37). The van der Waals surface area contributed by atoms with Crippen LogP contribution in [0.3, 0.4) is 0 Å². The molecule has 0 saturated carbocycles. The molecule has 0 bridgehead atoms. The van der Waals surface area contributed by atoms with Crippen LogP contribution in [0.4, 0.5) is 0 Å². The van der Waals surface area contributed by atoms with Gasteiger partial charge in [0.1, 0.15) is 24.5 Å². The summed E-state index contributed by atoms with van der Waals surface area (Å²) in [4.78, 5) is 52.6. The van der Waals surface area contributed by atoms with Crippen molar-refractivity contribution in [3.8, 4) is 11.5 Å². The molecule has 45 heavy (non-hydrogen) atoms. The van der Waals surface area contributed by atoms with E-state index in [1.807, 2.05) is 50.3 Å². The smallest absolute Gasteiger partial charge is 0.342 e. The largest absolute Gasteiger partial charge is 0.496 e. The van der Waals surface area contributed by atoms with E-state index in [2.05, 4.69) is 10.2 Å². The van der Waals surface area contributed by atoms with Crippen molar-refractivity contribution in [2.45, 2.75) is 59.1 Å². The molecule has 2 aromatic carbocycles. The minimum Gasteiger partial charge on any atom is -0.496 e. The number of methoxy groups -OCH3 is 1. The summed E-state index contributed by atoms with van der Waals surface area (Å²) in [7, 11) is 1.52. The number of cyclic esters (lactones) is 1. The predicted molar refractivity (Wildman–Crippen MR) is 165 cm³/mol. The minimum absolute atomic E-state index is 0.0472. The third-order valence-corrected chi connectivity index (χ3v) is 7.88. The highest BCUT2D eigenvalue weighted by Gasteiger charge is 2.34. The fourth-order valence-electron chi connectivity index (χ4n) is 5.25. The molecule has 0 spiro atoms. The maximum Gasteiger partial charge on any atom is 0.342 e. The molecule has 0 atom stereocenters. The van der Waals surface area contributed by atoms with Gasteiger partial charge in [-0.1, -0.05) is 42.0 Å². The quantitative estimate of drug-likeness (QED) is 0.178. The maximum absolute atomic E-state index is 13.0. The monoisotopic (exact) mass is 622 g/mol. The zero-order chi connectivity index (χ0) is 32.2. The fraction of sp³-hybridized carbons (Fsp3) is 0.471. The summed E-state index contributed by atoms with van der Waals surface area (Å²) < 4.78 is 27.5. The summed E-state index contributed by atoms with van der Waals surface area (Å²) in [6.07, 6.45) is 2.66.